The first-order valence-corrected chi connectivity index (χ1v) is 10.5. The zero-order valence-electron chi connectivity index (χ0n) is 14.6. The van der Waals surface area contributed by atoms with Crippen LogP contribution in [0.5, 0.6) is 0 Å². The average molecular weight is 459 g/mol. The SMILES string of the molecule is O=C1N[C@]2(CCCc3sccc32)C(=O)N1Cc1nnc(-c2ccccc2Br)o1. The van der Waals surface area contributed by atoms with Crippen molar-refractivity contribution in [2.75, 3.05) is 0 Å². The second-order valence-corrected chi connectivity index (χ2v) is 8.67. The summed E-state index contributed by atoms with van der Waals surface area (Å²) in [5.41, 5.74) is 0.713. The Bertz CT molecular complexity index is 1090. The molecule has 1 fully saturated rings. The van der Waals surface area contributed by atoms with Gasteiger partial charge >= 0.3 is 6.03 Å². The van der Waals surface area contributed by atoms with Crippen molar-refractivity contribution in [1.82, 2.24) is 20.4 Å². The maximum atomic E-state index is 13.2. The maximum absolute atomic E-state index is 13.2. The van der Waals surface area contributed by atoms with Crippen LogP contribution in [0.3, 0.4) is 0 Å². The third-order valence-electron chi connectivity index (χ3n) is 5.20. The van der Waals surface area contributed by atoms with Gasteiger partial charge in [0, 0.05) is 14.9 Å². The van der Waals surface area contributed by atoms with Crippen LogP contribution >= 0.6 is 27.3 Å². The fourth-order valence-corrected chi connectivity index (χ4v) is 5.34. The van der Waals surface area contributed by atoms with Crippen LogP contribution in [-0.4, -0.2) is 27.0 Å². The molecule has 1 N–H and O–H groups in total. The van der Waals surface area contributed by atoms with E-state index in [-0.39, 0.29) is 18.3 Å². The summed E-state index contributed by atoms with van der Waals surface area (Å²) in [6.45, 7) is -0.0522. The number of thiophene rings is 1. The first-order valence-electron chi connectivity index (χ1n) is 8.87. The van der Waals surface area contributed by atoms with E-state index in [1.807, 2.05) is 35.7 Å². The van der Waals surface area contributed by atoms with Crippen LogP contribution in [0.1, 0.15) is 29.2 Å². The molecule has 9 heteroatoms. The Kier molecular flexibility index (Phi) is 4.09. The molecule has 1 spiro atoms. The summed E-state index contributed by atoms with van der Waals surface area (Å²) < 4.78 is 6.54. The number of hydrogen-bond acceptors (Lipinski definition) is 6. The van der Waals surface area contributed by atoms with Crippen molar-refractivity contribution in [2.45, 2.75) is 31.3 Å². The van der Waals surface area contributed by atoms with Crippen LogP contribution in [0, 0.1) is 0 Å². The van der Waals surface area contributed by atoms with E-state index in [2.05, 4.69) is 31.4 Å². The molecule has 1 saturated heterocycles. The third-order valence-corrected chi connectivity index (χ3v) is 6.87. The van der Waals surface area contributed by atoms with Crippen LogP contribution in [0.2, 0.25) is 0 Å². The lowest BCUT2D eigenvalue weighted by atomic mass is 9.80. The van der Waals surface area contributed by atoms with E-state index in [0.717, 1.165) is 33.3 Å². The van der Waals surface area contributed by atoms with Gasteiger partial charge < -0.3 is 9.73 Å². The van der Waals surface area contributed by atoms with Crippen molar-refractivity contribution in [3.63, 3.8) is 0 Å². The van der Waals surface area contributed by atoms with E-state index in [9.17, 15) is 9.59 Å². The molecule has 28 heavy (non-hydrogen) atoms. The highest BCUT2D eigenvalue weighted by molar-refractivity contribution is 9.10. The van der Waals surface area contributed by atoms with Crippen LogP contribution in [0.25, 0.3) is 11.5 Å². The minimum Gasteiger partial charge on any atom is -0.419 e. The molecule has 0 radical (unpaired) electrons. The number of halogens is 1. The molecular weight excluding hydrogens is 444 g/mol. The summed E-state index contributed by atoms with van der Waals surface area (Å²) in [6, 6.07) is 9.00. The molecule has 0 bridgehead atoms. The van der Waals surface area contributed by atoms with Crippen LogP contribution in [0.15, 0.2) is 44.6 Å². The lowest BCUT2D eigenvalue weighted by Crippen LogP contribution is -2.46. The number of nitrogens with one attached hydrogen (secondary N) is 1. The average Bonchev–Trinajstić information content (AvgIpc) is 3.40. The summed E-state index contributed by atoms with van der Waals surface area (Å²) in [5, 5.41) is 13.0. The molecule has 2 aliphatic rings. The Labute approximate surface area is 172 Å². The highest BCUT2D eigenvalue weighted by atomic mass is 79.9. The van der Waals surface area contributed by atoms with Gasteiger partial charge in [-0.05, 0) is 58.8 Å². The largest absolute Gasteiger partial charge is 0.419 e. The van der Waals surface area contributed by atoms with Crippen molar-refractivity contribution in [3.05, 3.63) is 56.5 Å². The highest BCUT2D eigenvalue weighted by Gasteiger charge is 2.54. The van der Waals surface area contributed by atoms with Crippen molar-refractivity contribution in [3.8, 4) is 11.5 Å². The van der Waals surface area contributed by atoms with Crippen LogP contribution < -0.4 is 5.32 Å². The predicted octanol–water partition coefficient (Wildman–Crippen LogP) is 3.84. The monoisotopic (exact) mass is 458 g/mol. The number of urea groups is 1. The number of imide groups is 1. The maximum Gasteiger partial charge on any atom is 0.325 e. The Hall–Kier alpha value is -2.52. The van der Waals surface area contributed by atoms with Crippen molar-refractivity contribution >= 4 is 39.2 Å². The molecule has 3 aromatic rings. The molecular formula is C19H15BrN4O3S. The fraction of sp³-hybridized carbons (Fsp3) is 0.263. The van der Waals surface area contributed by atoms with E-state index < -0.39 is 11.6 Å². The van der Waals surface area contributed by atoms with E-state index in [0.29, 0.717) is 12.3 Å². The van der Waals surface area contributed by atoms with Gasteiger partial charge in [0.15, 0.2) is 0 Å². The van der Waals surface area contributed by atoms with Gasteiger partial charge in [-0.15, -0.1) is 21.5 Å². The number of aromatic nitrogens is 2. The number of carbonyl (C=O) groups excluding carboxylic acids is 2. The fourth-order valence-electron chi connectivity index (χ4n) is 3.88. The first kappa shape index (κ1) is 17.6. The minimum atomic E-state index is -0.962. The highest BCUT2D eigenvalue weighted by Crippen LogP contribution is 2.42. The molecule has 142 valence electrons. The molecule has 1 aromatic carbocycles. The van der Waals surface area contributed by atoms with Crippen LogP contribution in [0.4, 0.5) is 4.79 Å². The molecule has 2 aromatic heterocycles. The van der Waals surface area contributed by atoms with Gasteiger partial charge in [0.05, 0.1) is 5.56 Å². The molecule has 0 unspecified atom stereocenters. The van der Waals surface area contributed by atoms with Gasteiger partial charge in [-0.2, -0.15) is 0 Å². The normalized spacial score (nSPS) is 21.2. The zero-order chi connectivity index (χ0) is 19.3. The molecule has 3 heterocycles. The minimum absolute atomic E-state index is 0.0522. The Morgan fingerprint density at radius 3 is 2.96 bits per heavy atom. The quantitative estimate of drug-likeness (QED) is 0.602. The molecule has 1 atom stereocenters. The van der Waals surface area contributed by atoms with Gasteiger partial charge in [0.1, 0.15) is 12.1 Å². The number of aryl methyl sites for hydroxylation is 1. The van der Waals surface area contributed by atoms with Crippen molar-refractivity contribution in [2.24, 2.45) is 0 Å². The smallest absolute Gasteiger partial charge is 0.325 e. The standard InChI is InChI=1S/C19H15BrN4O3S/c20-13-5-2-1-4-11(13)16-23-22-15(27-16)10-24-17(25)19(21-18(24)26)8-3-6-14-12(19)7-9-28-14/h1-2,4-5,7,9H,3,6,8,10H2,(H,21,26)/t19-/m0/s1. The lowest BCUT2D eigenvalue weighted by molar-refractivity contribution is -0.132. The Balaban J connectivity index is 1.43. The number of carbonyl (C=O) groups is 2. The zero-order valence-corrected chi connectivity index (χ0v) is 17.0. The molecule has 7 nitrogen and oxygen atoms in total. The first-order chi connectivity index (χ1) is 13.6. The Morgan fingerprint density at radius 1 is 1.25 bits per heavy atom. The number of benzene rings is 1. The summed E-state index contributed by atoms with van der Waals surface area (Å²) in [4.78, 5) is 28.2. The molecule has 5 rings (SSSR count). The predicted molar refractivity (Wildman–Crippen MR) is 105 cm³/mol. The van der Waals surface area contributed by atoms with E-state index in [1.54, 1.807) is 11.3 Å². The lowest BCUT2D eigenvalue weighted by Gasteiger charge is -2.31. The number of fused-ring (bicyclic) bond motifs is 2. The Morgan fingerprint density at radius 2 is 2.11 bits per heavy atom. The number of nitrogens with zero attached hydrogens (tertiary/aromatic N) is 3. The van der Waals surface area contributed by atoms with Gasteiger partial charge in [0.2, 0.25) is 11.8 Å². The molecule has 0 saturated carbocycles. The van der Waals surface area contributed by atoms with Gasteiger partial charge in [-0.3, -0.25) is 9.69 Å². The van der Waals surface area contributed by atoms with Gasteiger partial charge in [-0.1, -0.05) is 12.1 Å². The van der Waals surface area contributed by atoms with Crippen molar-refractivity contribution in [1.29, 1.82) is 0 Å². The van der Waals surface area contributed by atoms with Gasteiger partial charge in [-0.25, -0.2) is 4.79 Å². The van der Waals surface area contributed by atoms with Crippen LogP contribution in [-0.2, 0) is 23.3 Å². The topological polar surface area (TPSA) is 88.3 Å². The summed E-state index contributed by atoms with van der Waals surface area (Å²) in [5.74, 6) is 0.298. The van der Waals surface area contributed by atoms with Crippen molar-refractivity contribution < 1.29 is 14.0 Å². The number of hydrogen-bond donors (Lipinski definition) is 1. The summed E-state index contributed by atoms with van der Waals surface area (Å²) >= 11 is 5.08. The number of rotatable bonds is 3. The number of amides is 3. The van der Waals surface area contributed by atoms with E-state index in [1.165, 1.54) is 4.90 Å². The molecule has 1 aliphatic heterocycles. The second kappa shape index (κ2) is 6.52. The molecule has 1 aliphatic carbocycles. The molecule has 3 amide bonds. The third kappa shape index (κ3) is 2.61. The summed E-state index contributed by atoms with van der Waals surface area (Å²) in [6.07, 6.45) is 2.40. The van der Waals surface area contributed by atoms with E-state index >= 15 is 0 Å². The summed E-state index contributed by atoms with van der Waals surface area (Å²) in [7, 11) is 0. The second-order valence-electron chi connectivity index (χ2n) is 6.82. The van der Waals surface area contributed by atoms with Gasteiger partial charge in [0.25, 0.3) is 5.91 Å². The van der Waals surface area contributed by atoms with E-state index in [4.69, 9.17) is 4.42 Å².